The molecule has 2 amide bonds. The number of urea groups is 1. The Kier molecular flexibility index (Phi) is 11.6. The van der Waals surface area contributed by atoms with E-state index < -0.39 is 49.5 Å². The molecule has 1 fully saturated rings. The van der Waals surface area contributed by atoms with Crippen molar-refractivity contribution in [2.45, 2.75) is 69.4 Å². The number of carbonyl (C=O) groups excluding carboxylic acids is 1. The quantitative estimate of drug-likeness (QED) is 0.290. The highest BCUT2D eigenvalue weighted by atomic mass is 19.4. The van der Waals surface area contributed by atoms with E-state index in [9.17, 15) is 45.4 Å². The molecule has 2 rings (SSSR count). The Morgan fingerprint density at radius 2 is 1.62 bits per heavy atom. The first kappa shape index (κ1) is 32.4. The van der Waals surface area contributed by atoms with Crippen LogP contribution in [-0.4, -0.2) is 85.3 Å². The number of hydrogen-bond acceptors (Lipinski definition) is 5. The van der Waals surface area contributed by atoms with E-state index in [1.165, 1.54) is 12.1 Å². The van der Waals surface area contributed by atoms with Crippen LogP contribution in [0.25, 0.3) is 0 Å². The summed E-state index contributed by atoms with van der Waals surface area (Å²) >= 11 is 0. The van der Waals surface area contributed by atoms with E-state index in [4.69, 9.17) is 9.47 Å². The number of carbonyl (C=O) groups is 2. The van der Waals surface area contributed by atoms with Crippen molar-refractivity contribution in [3.05, 3.63) is 29.8 Å². The van der Waals surface area contributed by atoms with Gasteiger partial charge in [0, 0.05) is 25.6 Å². The number of nitrogens with one attached hydrogen (secondary N) is 1. The lowest BCUT2D eigenvalue weighted by atomic mass is 10.1. The van der Waals surface area contributed by atoms with Gasteiger partial charge in [-0.25, -0.2) is 9.59 Å². The summed E-state index contributed by atoms with van der Waals surface area (Å²) < 4.78 is 104. The molecular weight excluding hydrogens is 545 g/mol. The van der Waals surface area contributed by atoms with Crippen LogP contribution in [0.2, 0.25) is 0 Å². The Hall–Kier alpha value is -2.81. The number of ether oxygens (including phenoxy) is 3. The number of benzene rings is 1. The van der Waals surface area contributed by atoms with Gasteiger partial charge in [-0.15, -0.1) is 0 Å². The number of alkyl halides is 7. The Morgan fingerprint density at radius 3 is 2.15 bits per heavy atom. The van der Waals surface area contributed by atoms with Gasteiger partial charge in [-0.2, -0.15) is 30.7 Å². The van der Waals surface area contributed by atoms with Crippen molar-refractivity contribution in [1.82, 2.24) is 10.2 Å². The van der Waals surface area contributed by atoms with Crippen molar-refractivity contribution in [3.8, 4) is 5.75 Å². The normalized spacial score (nSPS) is 15.7. The molecule has 15 heteroatoms. The third-order valence-corrected chi connectivity index (χ3v) is 5.95. The second-order valence-electron chi connectivity index (χ2n) is 8.83. The zero-order valence-electron chi connectivity index (χ0n) is 21.1. The molecule has 0 spiro atoms. The van der Waals surface area contributed by atoms with Crippen molar-refractivity contribution in [2.75, 3.05) is 32.9 Å². The summed E-state index contributed by atoms with van der Waals surface area (Å²) in [7, 11) is 0. The number of rotatable bonds is 15. The van der Waals surface area contributed by atoms with Crippen LogP contribution in [0.1, 0.15) is 38.2 Å². The molecular formula is C24H31F7N2O6. The minimum absolute atomic E-state index is 0.108. The molecule has 8 nitrogen and oxygen atoms in total. The lowest BCUT2D eigenvalue weighted by Gasteiger charge is -2.29. The molecule has 1 aromatic carbocycles. The Morgan fingerprint density at radius 1 is 1.03 bits per heavy atom. The number of aliphatic carboxylic acids is 1. The molecule has 39 heavy (non-hydrogen) atoms. The summed E-state index contributed by atoms with van der Waals surface area (Å²) in [6, 6.07) is 5.36. The molecule has 0 heterocycles. The number of carboxylic acids is 1. The van der Waals surface area contributed by atoms with E-state index in [1.54, 1.807) is 19.1 Å². The molecule has 1 aliphatic rings. The van der Waals surface area contributed by atoms with Crippen LogP contribution in [0.3, 0.4) is 0 Å². The van der Waals surface area contributed by atoms with E-state index in [0.717, 1.165) is 17.7 Å². The third-order valence-electron chi connectivity index (χ3n) is 5.95. The summed E-state index contributed by atoms with van der Waals surface area (Å²) in [6.45, 7) is -0.524. The summed E-state index contributed by atoms with van der Waals surface area (Å²) in [5, 5.41) is 11.9. The van der Waals surface area contributed by atoms with Crippen LogP contribution in [-0.2, 0) is 20.7 Å². The van der Waals surface area contributed by atoms with Crippen LogP contribution in [0, 0.1) is 0 Å². The topological polar surface area (TPSA) is 97.3 Å². The van der Waals surface area contributed by atoms with Gasteiger partial charge in [-0.1, -0.05) is 25.0 Å². The van der Waals surface area contributed by atoms with Crippen molar-refractivity contribution < 1.29 is 59.6 Å². The van der Waals surface area contributed by atoms with E-state index in [2.05, 4.69) is 10.1 Å². The third kappa shape index (κ3) is 9.41. The van der Waals surface area contributed by atoms with Crippen LogP contribution >= 0.6 is 0 Å². The zero-order valence-corrected chi connectivity index (χ0v) is 21.1. The number of amides is 2. The zero-order chi connectivity index (χ0) is 29.3. The maximum absolute atomic E-state index is 13.5. The van der Waals surface area contributed by atoms with E-state index in [1.807, 2.05) is 0 Å². The lowest BCUT2D eigenvalue weighted by Crippen LogP contribution is -2.54. The van der Waals surface area contributed by atoms with E-state index in [-0.39, 0.29) is 32.2 Å². The first-order valence-electron chi connectivity index (χ1n) is 12.3. The highest BCUT2D eigenvalue weighted by Crippen LogP contribution is 2.46. The lowest BCUT2D eigenvalue weighted by molar-refractivity contribution is -0.423. The predicted molar refractivity (Wildman–Crippen MR) is 123 cm³/mol. The highest BCUT2D eigenvalue weighted by Gasteiger charge is 2.74. The van der Waals surface area contributed by atoms with Gasteiger partial charge < -0.3 is 29.5 Å². The van der Waals surface area contributed by atoms with Gasteiger partial charge in [-0.05, 0) is 37.5 Å². The fourth-order valence-electron chi connectivity index (χ4n) is 3.82. The molecule has 1 unspecified atom stereocenters. The van der Waals surface area contributed by atoms with Crippen LogP contribution < -0.4 is 10.1 Å². The number of nitrogens with zero attached hydrogens (tertiary/aromatic N) is 1. The number of halogens is 7. The van der Waals surface area contributed by atoms with Crippen molar-refractivity contribution in [3.63, 3.8) is 0 Å². The molecule has 0 radical (unpaired) electrons. The van der Waals surface area contributed by atoms with Crippen LogP contribution in [0.4, 0.5) is 35.5 Å². The number of carboxylic acid groups (broad SMARTS) is 1. The van der Waals surface area contributed by atoms with Gasteiger partial charge in [0.25, 0.3) is 0 Å². The maximum atomic E-state index is 13.5. The molecule has 222 valence electrons. The van der Waals surface area contributed by atoms with Gasteiger partial charge in [0.2, 0.25) is 0 Å². The van der Waals surface area contributed by atoms with Gasteiger partial charge >= 0.3 is 30.2 Å². The molecule has 1 aromatic rings. The molecule has 1 atom stereocenters. The second kappa shape index (κ2) is 14.0. The first-order valence-corrected chi connectivity index (χ1v) is 12.3. The maximum Gasteiger partial charge on any atom is 0.462 e. The summed E-state index contributed by atoms with van der Waals surface area (Å²) in [5.41, 5.74) is 0.648. The number of hydrogen-bond donors (Lipinski definition) is 2. The Labute approximate surface area is 220 Å². The average molecular weight is 577 g/mol. The molecule has 0 aromatic heterocycles. The molecule has 2 N–H and O–H groups in total. The molecule has 1 saturated carbocycles. The minimum Gasteiger partial charge on any atom is -0.492 e. The van der Waals surface area contributed by atoms with Gasteiger partial charge in [0.15, 0.2) is 6.10 Å². The van der Waals surface area contributed by atoms with Crippen molar-refractivity contribution in [1.29, 1.82) is 0 Å². The fourth-order valence-corrected chi connectivity index (χ4v) is 3.82. The summed E-state index contributed by atoms with van der Waals surface area (Å²) in [4.78, 5) is 24.8. The standard InChI is InChI=1S/C24H31F7N2O6/c1-2-37-19(20(34)35)15-16-7-9-18(10-8-16)38-13-11-33(21(36)32-17-5-3-4-6-17)12-14-39-24(30,31)22(25,26)23(27,28)29/h7-10,17,19H,2-6,11-15H2,1H3,(H,32,36)(H,34,35). The molecule has 0 saturated heterocycles. The van der Waals surface area contributed by atoms with Gasteiger partial charge in [0.1, 0.15) is 12.4 Å². The van der Waals surface area contributed by atoms with Crippen molar-refractivity contribution >= 4 is 12.0 Å². The highest BCUT2D eigenvalue weighted by molar-refractivity contribution is 5.74. The summed E-state index contributed by atoms with van der Waals surface area (Å²) in [5.74, 6) is -7.21. The molecule has 0 aliphatic heterocycles. The first-order chi connectivity index (χ1) is 18.2. The second-order valence-corrected chi connectivity index (χ2v) is 8.83. The fraction of sp³-hybridized carbons (Fsp3) is 0.667. The van der Waals surface area contributed by atoms with Crippen LogP contribution in [0.5, 0.6) is 5.75 Å². The average Bonchev–Trinajstić information content (AvgIpc) is 3.35. The molecule has 0 bridgehead atoms. The monoisotopic (exact) mass is 576 g/mol. The van der Waals surface area contributed by atoms with Gasteiger partial charge in [0.05, 0.1) is 13.2 Å². The SMILES string of the molecule is CCOC(Cc1ccc(OCCN(CCOC(F)(F)C(F)(F)C(F)(F)F)C(=O)NC2CCCC2)cc1)C(=O)O. The van der Waals surface area contributed by atoms with E-state index >= 15 is 0 Å². The molecule has 1 aliphatic carbocycles. The Bertz CT molecular complexity index is 925. The van der Waals surface area contributed by atoms with Gasteiger partial charge in [-0.3, -0.25) is 0 Å². The largest absolute Gasteiger partial charge is 0.492 e. The minimum atomic E-state index is -6.53. The van der Waals surface area contributed by atoms with Crippen molar-refractivity contribution in [2.24, 2.45) is 0 Å². The summed E-state index contributed by atoms with van der Waals surface area (Å²) in [6.07, 6.45) is -10.2. The Balaban J connectivity index is 1.96. The van der Waals surface area contributed by atoms with Crippen LogP contribution in [0.15, 0.2) is 24.3 Å². The smallest absolute Gasteiger partial charge is 0.462 e. The van der Waals surface area contributed by atoms with E-state index in [0.29, 0.717) is 24.2 Å². The predicted octanol–water partition coefficient (Wildman–Crippen LogP) is 4.86.